The zero-order chi connectivity index (χ0) is 29.0. The molecule has 0 atom stereocenters. The molecule has 0 aliphatic heterocycles. The number of ether oxygens (including phenoxy) is 1. The molecule has 4 heteroatoms. The Bertz CT molecular complexity index is 1510. The quantitative estimate of drug-likeness (QED) is 0.199. The van der Waals surface area contributed by atoms with Crippen LogP contribution in [0.25, 0.3) is 0 Å². The Kier molecular flexibility index (Phi) is 9.38. The standard InChI is InChI=1S/C24H20B.C14H13NO2/c1-5-13-21(14-6-1)25(22-15-7-2-8-16-22,23-17-9-3-10-18-23)24-19-11-4-12-20-24;1-17-14-5-3-2-4-12(14)13(16)10-11-6-8-15-9-7-11/h1-20H;2-9H,10H2,1H3/q-1;/p+1. The highest BCUT2D eigenvalue weighted by molar-refractivity contribution is 7.19. The summed E-state index contributed by atoms with van der Waals surface area (Å²) in [6, 6.07) is 54.6. The average molecular weight is 548 g/mol. The third-order valence-corrected chi connectivity index (χ3v) is 7.76. The number of carbonyl (C=O) groups is 1. The minimum absolute atomic E-state index is 0.0636. The Balaban J connectivity index is 0.000000181. The van der Waals surface area contributed by atoms with Crippen molar-refractivity contribution in [3.63, 3.8) is 0 Å². The van der Waals surface area contributed by atoms with Gasteiger partial charge in [-0.15, -0.1) is 0 Å². The van der Waals surface area contributed by atoms with Gasteiger partial charge in [-0.3, -0.25) is 4.79 Å². The van der Waals surface area contributed by atoms with Gasteiger partial charge in [-0.1, -0.05) is 133 Å². The number of para-hydroxylation sites is 1. The number of Topliss-reactive ketones (excluding diaryl/α,β-unsaturated/α-hetero) is 1. The molecule has 6 rings (SSSR count). The van der Waals surface area contributed by atoms with Crippen molar-refractivity contribution in [1.29, 1.82) is 0 Å². The lowest BCUT2D eigenvalue weighted by atomic mass is 9.13. The molecule has 1 aromatic heterocycles. The van der Waals surface area contributed by atoms with E-state index in [4.69, 9.17) is 4.74 Å². The minimum Gasteiger partial charge on any atom is -0.496 e. The molecule has 206 valence electrons. The lowest BCUT2D eigenvalue weighted by Crippen LogP contribution is -2.74. The first-order valence-electron chi connectivity index (χ1n) is 14.2. The molecule has 42 heavy (non-hydrogen) atoms. The molecule has 0 saturated carbocycles. The summed E-state index contributed by atoms with van der Waals surface area (Å²) in [5.41, 5.74) is 6.97. The van der Waals surface area contributed by atoms with Gasteiger partial charge >= 0.3 is 0 Å². The fourth-order valence-corrected chi connectivity index (χ4v) is 5.82. The molecule has 0 aliphatic carbocycles. The van der Waals surface area contributed by atoms with E-state index in [9.17, 15) is 4.79 Å². The highest BCUT2D eigenvalue weighted by atomic mass is 16.5. The molecule has 0 aliphatic rings. The first kappa shape index (κ1) is 28.3. The van der Waals surface area contributed by atoms with Crippen LogP contribution in [0, 0.1) is 0 Å². The van der Waals surface area contributed by atoms with Gasteiger partial charge in [0, 0.05) is 18.6 Å². The van der Waals surface area contributed by atoms with Crippen LogP contribution in [0.15, 0.2) is 170 Å². The van der Waals surface area contributed by atoms with Crippen molar-refractivity contribution >= 4 is 33.8 Å². The first-order chi connectivity index (χ1) is 20.7. The topological polar surface area (TPSA) is 40.4 Å². The van der Waals surface area contributed by atoms with E-state index in [0.29, 0.717) is 17.7 Å². The van der Waals surface area contributed by atoms with Gasteiger partial charge in [-0.05, 0) is 17.7 Å². The fourth-order valence-electron chi connectivity index (χ4n) is 5.82. The number of aromatic nitrogens is 1. The molecule has 0 amide bonds. The molecule has 0 fully saturated rings. The number of H-pyrrole nitrogens is 1. The van der Waals surface area contributed by atoms with E-state index in [1.165, 1.54) is 21.9 Å². The van der Waals surface area contributed by atoms with Crippen LogP contribution in [0.5, 0.6) is 5.75 Å². The third kappa shape index (κ3) is 6.24. The predicted octanol–water partition coefficient (Wildman–Crippen LogP) is 5.00. The smallest absolute Gasteiger partial charge is 0.170 e. The van der Waals surface area contributed by atoms with E-state index in [0.717, 1.165) is 5.56 Å². The number of nitrogens with one attached hydrogen (secondary N) is 1. The largest absolute Gasteiger partial charge is 0.496 e. The van der Waals surface area contributed by atoms with Crippen LogP contribution in [0.1, 0.15) is 15.9 Å². The van der Waals surface area contributed by atoms with E-state index < -0.39 is 6.15 Å². The van der Waals surface area contributed by atoms with Crippen LogP contribution in [-0.2, 0) is 6.42 Å². The minimum atomic E-state index is -1.22. The van der Waals surface area contributed by atoms with Crippen molar-refractivity contribution in [1.82, 2.24) is 0 Å². The Morgan fingerprint density at radius 2 is 0.929 bits per heavy atom. The Labute approximate surface area is 248 Å². The Morgan fingerprint density at radius 3 is 1.33 bits per heavy atom. The fraction of sp³-hybridized carbons (Fsp3) is 0.0526. The summed E-state index contributed by atoms with van der Waals surface area (Å²) in [4.78, 5) is 15.0. The summed E-state index contributed by atoms with van der Waals surface area (Å²) in [5, 5.41) is 0. The van der Waals surface area contributed by atoms with Crippen molar-refractivity contribution in [2.45, 2.75) is 6.42 Å². The Hall–Kier alpha value is -5.22. The van der Waals surface area contributed by atoms with E-state index in [2.05, 4.69) is 126 Å². The van der Waals surface area contributed by atoms with Crippen LogP contribution in [0.4, 0.5) is 0 Å². The van der Waals surface area contributed by atoms with Crippen LogP contribution in [0.2, 0.25) is 0 Å². The summed E-state index contributed by atoms with van der Waals surface area (Å²) >= 11 is 0. The molecule has 1 heterocycles. The molecule has 3 nitrogen and oxygen atoms in total. The van der Waals surface area contributed by atoms with Crippen LogP contribution >= 0.6 is 0 Å². The van der Waals surface area contributed by atoms with Crippen molar-refractivity contribution in [3.8, 4) is 5.75 Å². The van der Waals surface area contributed by atoms with Gasteiger partial charge < -0.3 is 4.74 Å². The maximum Gasteiger partial charge on any atom is 0.170 e. The summed E-state index contributed by atoms with van der Waals surface area (Å²) in [5.74, 6) is 0.689. The van der Waals surface area contributed by atoms with Crippen molar-refractivity contribution in [3.05, 3.63) is 181 Å². The zero-order valence-electron chi connectivity index (χ0n) is 23.8. The molecule has 0 unspecified atom stereocenters. The van der Waals surface area contributed by atoms with Crippen molar-refractivity contribution in [2.75, 3.05) is 7.11 Å². The summed E-state index contributed by atoms with van der Waals surface area (Å²) in [6.45, 7) is 0. The van der Waals surface area contributed by atoms with Gasteiger partial charge in [0.15, 0.2) is 18.2 Å². The van der Waals surface area contributed by atoms with Gasteiger partial charge in [0.05, 0.1) is 12.7 Å². The van der Waals surface area contributed by atoms with E-state index in [1.807, 2.05) is 36.7 Å². The second-order valence-corrected chi connectivity index (χ2v) is 10.2. The summed E-state index contributed by atoms with van der Waals surface area (Å²) in [6.07, 6.45) is 2.79. The van der Waals surface area contributed by atoms with Crippen molar-refractivity contribution < 1.29 is 14.5 Å². The number of ketones is 1. The van der Waals surface area contributed by atoms with Gasteiger partial charge in [-0.2, -0.15) is 21.9 Å². The molecular formula is C38H34BNO2. The van der Waals surface area contributed by atoms with Gasteiger partial charge in [-0.25, -0.2) is 4.98 Å². The number of pyridine rings is 1. The molecule has 5 aromatic carbocycles. The number of benzene rings is 5. The average Bonchev–Trinajstić information content (AvgIpc) is 3.08. The van der Waals surface area contributed by atoms with Crippen LogP contribution in [0.3, 0.4) is 0 Å². The molecule has 0 spiro atoms. The monoisotopic (exact) mass is 547 g/mol. The lowest BCUT2D eigenvalue weighted by molar-refractivity contribution is -0.378. The van der Waals surface area contributed by atoms with Gasteiger partial charge in [0.25, 0.3) is 0 Å². The lowest BCUT2D eigenvalue weighted by Gasteiger charge is -2.44. The highest BCUT2D eigenvalue weighted by Gasteiger charge is 2.31. The summed E-state index contributed by atoms with van der Waals surface area (Å²) in [7, 11) is 1.57. The first-order valence-corrected chi connectivity index (χ1v) is 14.2. The normalized spacial score (nSPS) is 10.7. The molecule has 0 bridgehead atoms. The SMILES string of the molecule is COc1ccccc1C(=O)Cc1cc[nH+]cc1.c1ccc([B-](c2ccccc2)(c2ccccc2)c2ccccc2)cc1. The molecular weight excluding hydrogens is 513 g/mol. The van der Waals surface area contributed by atoms with Gasteiger partial charge in [0.1, 0.15) is 11.9 Å². The number of methoxy groups -OCH3 is 1. The van der Waals surface area contributed by atoms with Gasteiger partial charge in [0.2, 0.25) is 0 Å². The number of rotatable bonds is 8. The number of hydrogen-bond acceptors (Lipinski definition) is 2. The summed E-state index contributed by atoms with van der Waals surface area (Å²) < 4.78 is 5.18. The number of aromatic amines is 1. The molecule has 0 saturated heterocycles. The Morgan fingerprint density at radius 1 is 0.548 bits per heavy atom. The zero-order valence-corrected chi connectivity index (χ0v) is 23.8. The van der Waals surface area contributed by atoms with Crippen LogP contribution in [-0.4, -0.2) is 19.0 Å². The number of hydrogen-bond donors (Lipinski definition) is 0. The maximum atomic E-state index is 12.1. The highest BCUT2D eigenvalue weighted by Crippen LogP contribution is 2.19. The second-order valence-electron chi connectivity index (χ2n) is 10.2. The van der Waals surface area contributed by atoms with Crippen LogP contribution < -0.4 is 31.6 Å². The number of carbonyl (C=O) groups excluding carboxylic acids is 1. The molecule has 0 radical (unpaired) electrons. The van der Waals surface area contributed by atoms with Crippen molar-refractivity contribution in [2.24, 2.45) is 0 Å². The predicted molar refractivity (Wildman–Crippen MR) is 174 cm³/mol. The van der Waals surface area contributed by atoms with E-state index >= 15 is 0 Å². The second kappa shape index (κ2) is 13.9. The van der Waals surface area contributed by atoms with E-state index in [1.54, 1.807) is 19.2 Å². The molecule has 6 aromatic rings. The van der Waals surface area contributed by atoms with E-state index in [-0.39, 0.29) is 5.78 Å². The molecule has 1 N–H and O–H groups in total. The third-order valence-electron chi connectivity index (χ3n) is 7.76. The maximum absolute atomic E-state index is 12.1.